The Morgan fingerprint density at radius 1 is 1.21 bits per heavy atom. The summed E-state index contributed by atoms with van der Waals surface area (Å²) in [5.74, 6) is 1.64. The minimum absolute atomic E-state index is 0.169. The largest absolute Gasteiger partial charge is 0.330 e. The monoisotopic (exact) mass is 276 g/mol. The molecule has 5 heteroatoms. The van der Waals surface area contributed by atoms with Crippen LogP contribution in [0.3, 0.4) is 0 Å². The van der Waals surface area contributed by atoms with Crippen molar-refractivity contribution < 1.29 is 0 Å². The van der Waals surface area contributed by atoms with Crippen molar-refractivity contribution >= 4 is 11.8 Å². The van der Waals surface area contributed by atoms with Crippen LogP contribution in [0.25, 0.3) is 11.4 Å². The van der Waals surface area contributed by atoms with Gasteiger partial charge in [0.05, 0.1) is 0 Å². The average molecular weight is 276 g/mol. The smallest absolute Gasteiger partial charge is 0.208 e. The maximum atomic E-state index is 5.47. The van der Waals surface area contributed by atoms with E-state index in [0.717, 1.165) is 22.3 Å². The first-order valence-electron chi connectivity index (χ1n) is 6.37. The molecule has 0 fully saturated rings. The van der Waals surface area contributed by atoms with Crippen molar-refractivity contribution in [3.63, 3.8) is 0 Å². The zero-order valence-corrected chi connectivity index (χ0v) is 12.4. The molecule has 19 heavy (non-hydrogen) atoms. The number of hydrogen-bond acceptors (Lipinski definition) is 4. The molecule has 0 unspecified atom stereocenters. The topological polar surface area (TPSA) is 67.6 Å². The Balaban J connectivity index is 2.16. The molecule has 0 radical (unpaired) electrons. The number of aromatic amines is 1. The van der Waals surface area contributed by atoms with E-state index in [0.29, 0.717) is 6.54 Å². The van der Waals surface area contributed by atoms with Gasteiger partial charge in [0.15, 0.2) is 5.82 Å². The van der Waals surface area contributed by atoms with E-state index in [2.05, 4.69) is 60.2 Å². The van der Waals surface area contributed by atoms with Gasteiger partial charge in [0.25, 0.3) is 0 Å². The SMILES string of the molecule is CC(C)(C)c1ccc(-c2nc(SCCN)n[nH]2)cc1. The molecule has 0 saturated heterocycles. The van der Waals surface area contributed by atoms with Crippen molar-refractivity contribution in [2.24, 2.45) is 5.73 Å². The standard InChI is InChI=1S/C14H20N4S/c1-14(2,3)11-6-4-10(5-7-11)12-16-13(18-17-12)19-9-8-15/h4-7H,8-9,15H2,1-3H3,(H,16,17,18). The van der Waals surface area contributed by atoms with Crippen molar-refractivity contribution in [3.8, 4) is 11.4 Å². The van der Waals surface area contributed by atoms with E-state index >= 15 is 0 Å². The van der Waals surface area contributed by atoms with Crippen molar-refractivity contribution in [1.29, 1.82) is 0 Å². The van der Waals surface area contributed by atoms with Crippen LogP contribution < -0.4 is 5.73 Å². The van der Waals surface area contributed by atoms with Crippen LogP contribution in [-0.4, -0.2) is 27.5 Å². The van der Waals surface area contributed by atoms with Crippen LogP contribution in [0.15, 0.2) is 29.4 Å². The zero-order valence-electron chi connectivity index (χ0n) is 11.6. The first kappa shape index (κ1) is 14.1. The number of nitrogens with one attached hydrogen (secondary N) is 1. The van der Waals surface area contributed by atoms with E-state index in [1.807, 2.05) is 0 Å². The summed E-state index contributed by atoms with van der Waals surface area (Å²) in [6.45, 7) is 7.25. The van der Waals surface area contributed by atoms with Gasteiger partial charge in [-0.25, -0.2) is 4.98 Å². The van der Waals surface area contributed by atoms with Crippen LogP contribution >= 0.6 is 11.8 Å². The first-order chi connectivity index (χ1) is 9.00. The summed E-state index contributed by atoms with van der Waals surface area (Å²) < 4.78 is 0. The molecule has 0 amide bonds. The molecule has 0 atom stereocenters. The number of benzene rings is 1. The molecule has 0 aliphatic heterocycles. The van der Waals surface area contributed by atoms with Gasteiger partial charge in [-0.15, -0.1) is 5.10 Å². The molecular weight excluding hydrogens is 256 g/mol. The van der Waals surface area contributed by atoms with Crippen LogP contribution in [-0.2, 0) is 5.41 Å². The normalized spacial score (nSPS) is 11.8. The molecular formula is C14H20N4S. The van der Waals surface area contributed by atoms with Gasteiger partial charge in [0, 0.05) is 17.9 Å². The van der Waals surface area contributed by atoms with Crippen molar-refractivity contribution in [2.45, 2.75) is 31.3 Å². The summed E-state index contributed by atoms with van der Waals surface area (Å²) in [6, 6.07) is 8.45. The molecule has 1 heterocycles. The van der Waals surface area contributed by atoms with Crippen LogP contribution in [0.5, 0.6) is 0 Å². The maximum absolute atomic E-state index is 5.47. The predicted octanol–water partition coefficient (Wildman–Crippen LogP) is 2.82. The van der Waals surface area contributed by atoms with E-state index in [4.69, 9.17) is 5.73 Å². The van der Waals surface area contributed by atoms with Gasteiger partial charge in [-0.1, -0.05) is 56.8 Å². The number of hydrogen-bond donors (Lipinski definition) is 2. The van der Waals surface area contributed by atoms with E-state index < -0.39 is 0 Å². The summed E-state index contributed by atoms with van der Waals surface area (Å²) >= 11 is 1.56. The Bertz CT molecular complexity index is 525. The fourth-order valence-corrected chi connectivity index (χ4v) is 2.28. The summed E-state index contributed by atoms with van der Waals surface area (Å²) in [4.78, 5) is 4.45. The number of nitrogens with zero attached hydrogens (tertiary/aromatic N) is 2. The summed E-state index contributed by atoms with van der Waals surface area (Å²) in [5, 5.41) is 7.89. The molecule has 2 rings (SSSR count). The molecule has 3 N–H and O–H groups in total. The Hall–Kier alpha value is -1.33. The maximum Gasteiger partial charge on any atom is 0.208 e. The van der Waals surface area contributed by atoms with Gasteiger partial charge in [-0.2, -0.15) is 0 Å². The highest BCUT2D eigenvalue weighted by Crippen LogP contribution is 2.25. The molecule has 0 spiro atoms. The fraction of sp³-hybridized carbons (Fsp3) is 0.429. The highest BCUT2D eigenvalue weighted by Gasteiger charge is 2.13. The number of nitrogens with two attached hydrogens (primary N) is 1. The minimum Gasteiger partial charge on any atom is -0.330 e. The first-order valence-corrected chi connectivity index (χ1v) is 7.35. The highest BCUT2D eigenvalue weighted by molar-refractivity contribution is 7.99. The lowest BCUT2D eigenvalue weighted by molar-refractivity contribution is 0.590. The molecule has 2 aromatic rings. The van der Waals surface area contributed by atoms with Crippen molar-refractivity contribution in [1.82, 2.24) is 15.2 Å². The highest BCUT2D eigenvalue weighted by atomic mass is 32.2. The molecule has 1 aromatic carbocycles. The summed E-state index contributed by atoms with van der Waals surface area (Å²) in [6.07, 6.45) is 0. The second kappa shape index (κ2) is 5.75. The number of rotatable bonds is 4. The van der Waals surface area contributed by atoms with Crippen LogP contribution in [0, 0.1) is 0 Å². The van der Waals surface area contributed by atoms with Crippen molar-refractivity contribution in [2.75, 3.05) is 12.3 Å². The van der Waals surface area contributed by atoms with Gasteiger partial charge in [0.1, 0.15) is 0 Å². The molecule has 4 nitrogen and oxygen atoms in total. The molecule has 1 aromatic heterocycles. The zero-order chi connectivity index (χ0) is 13.9. The van der Waals surface area contributed by atoms with E-state index in [-0.39, 0.29) is 5.41 Å². The van der Waals surface area contributed by atoms with Gasteiger partial charge in [-0.05, 0) is 11.0 Å². The lowest BCUT2D eigenvalue weighted by Gasteiger charge is -2.18. The van der Waals surface area contributed by atoms with Gasteiger partial charge >= 0.3 is 0 Å². The van der Waals surface area contributed by atoms with Crippen LogP contribution in [0.4, 0.5) is 0 Å². The van der Waals surface area contributed by atoms with E-state index in [1.165, 1.54) is 5.56 Å². The van der Waals surface area contributed by atoms with Gasteiger partial charge in [-0.3, -0.25) is 5.10 Å². The predicted molar refractivity (Wildman–Crippen MR) is 80.3 cm³/mol. The second-order valence-electron chi connectivity index (χ2n) is 5.43. The minimum atomic E-state index is 0.169. The van der Waals surface area contributed by atoms with Crippen molar-refractivity contribution in [3.05, 3.63) is 29.8 Å². The number of H-pyrrole nitrogens is 1. The third kappa shape index (κ3) is 3.58. The molecule has 0 bridgehead atoms. The Morgan fingerprint density at radius 2 is 1.89 bits per heavy atom. The third-order valence-electron chi connectivity index (χ3n) is 2.84. The molecule has 0 aliphatic rings. The quantitative estimate of drug-likeness (QED) is 0.843. The van der Waals surface area contributed by atoms with E-state index in [9.17, 15) is 0 Å². The number of aromatic nitrogens is 3. The summed E-state index contributed by atoms with van der Waals surface area (Å²) in [7, 11) is 0. The Kier molecular flexibility index (Phi) is 4.27. The van der Waals surface area contributed by atoms with E-state index in [1.54, 1.807) is 11.8 Å². The fourth-order valence-electron chi connectivity index (χ4n) is 1.72. The lowest BCUT2D eigenvalue weighted by Crippen LogP contribution is -2.10. The molecule has 0 saturated carbocycles. The Labute approximate surface area is 118 Å². The van der Waals surface area contributed by atoms with Gasteiger partial charge < -0.3 is 5.73 Å². The second-order valence-corrected chi connectivity index (χ2v) is 6.49. The Morgan fingerprint density at radius 3 is 2.47 bits per heavy atom. The number of thioether (sulfide) groups is 1. The molecule has 102 valence electrons. The van der Waals surface area contributed by atoms with Gasteiger partial charge in [0.2, 0.25) is 5.16 Å². The third-order valence-corrected chi connectivity index (χ3v) is 3.72. The molecule has 0 aliphatic carbocycles. The average Bonchev–Trinajstić information content (AvgIpc) is 2.84. The van der Waals surface area contributed by atoms with Crippen LogP contribution in [0.1, 0.15) is 26.3 Å². The summed E-state index contributed by atoms with van der Waals surface area (Å²) in [5.41, 5.74) is 8.00. The lowest BCUT2D eigenvalue weighted by atomic mass is 9.87. The van der Waals surface area contributed by atoms with Crippen LogP contribution in [0.2, 0.25) is 0 Å².